The van der Waals surface area contributed by atoms with Crippen LogP contribution in [0.3, 0.4) is 0 Å². The average Bonchev–Trinajstić information content (AvgIpc) is 2.53. The number of rotatable bonds is 5. The van der Waals surface area contributed by atoms with E-state index in [2.05, 4.69) is 10.6 Å². The van der Waals surface area contributed by atoms with Crippen LogP contribution in [0.4, 0.5) is 10.5 Å². The molecule has 2 N–H and O–H groups in total. The maximum Gasteiger partial charge on any atom is 0.315 e. The predicted molar refractivity (Wildman–Crippen MR) is 102 cm³/mol. The number of carbonyl (C=O) groups excluding carboxylic acids is 2. The van der Waals surface area contributed by atoms with Gasteiger partial charge < -0.3 is 15.5 Å². The molecule has 1 aromatic rings. The van der Waals surface area contributed by atoms with Gasteiger partial charge in [-0.15, -0.1) is 0 Å². The third-order valence-electron chi connectivity index (χ3n) is 4.61. The Balaban J connectivity index is 1.92. The largest absolute Gasteiger partial charge is 0.336 e. The Morgan fingerprint density at radius 1 is 1.20 bits per heavy atom. The molecule has 0 saturated heterocycles. The van der Waals surface area contributed by atoms with Crippen molar-refractivity contribution in [1.82, 2.24) is 10.6 Å². The van der Waals surface area contributed by atoms with Gasteiger partial charge in [-0.05, 0) is 43.9 Å². The van der Waals surface area contributed by atoms with E-state index >= 15 is 0 Å². The Bertz CT molecular complexity index is 604. The lowest BCUT2D eigenvalue weighted by atomic mass is 9.96. The van der Waals surface area contributed by atoms with Gasteiger partial charge in [0.25, 0.3) is 0 Å². The number of nitrogens with zero attached hydrogens (tertiary/aromatic N) is 1. The molecule has 1 aliphatic carbocycles. The molecule has 1 saturated carbocycles. The molecule has 0 aromatic heterocycles. The second-order valence-electron chi connectivity index (χ2n) is 6.82. The molecule has 5 nitrogen and oxygen atoms in total. The van der Waals surface area contributed by atoms with Crippen LogP contribution >= 0.6 is 11.6 Å². The molecule has 0 radical (unpaired) electrons. The summed E-state index contributed by atoms with van der Waals surface area (Å²) in [5, 5.41) is 6.42. The summed E-state index contributed by atoms with van der Waals surface area (Å²) in [6.07, 6.45) is 5.70. The summed E-state index contributed by atoms with van der Waals surface area (Å²) in [6.45, 7) is 6.18. The minimum Gasteiger partial charge on any atom is -0.336 e. The molecule has 0 heterocycles. The van der Waals surface area contributed by atoms with E-state index < -0.39 is 0 Å². The van der Waals surface area contributed by atoms with Crippen LogP contribution < -0.4 is 15.5 Å². The molecule has 1 fully saturated rings. The Morgan fingerprint density at radius 2 is 1.88 bits per heavy atom. The first kappa shape index (κ1) is 19.6. The second kappa shape index (κ2) is 9.09. The number of anilines is 1. The smallest absolute Gasteiger partial charge is 0.315 e. The number of urea groups is 1. The summed E-state index contributed by atoms with van der Waals surface area (Å²) >= 11 is 6.35. The molecule has 2 rings (SSSR count). The highest BCUT2D eigenvalue weighted by Gasteiger charge is 2.19. The summed E-state index contributed by atoms with van der Waals surface area (Å²) < 4.78 is 0. The van der Waals surface area contributed by atoms with Crippen LogP contribution in [0, 0.1) is 13.8 Å². The van der Waals surface area contributed by atoms with Crippen molar-refractivity contribution in [1.29, 1.82) is 0 Å². The standard InChI is InChI=1S/C19H28ClN3O2/c1-13-11-14(2)18(17(20)12-13)23(15(3)24)10-9-21-19(25)22-16-7-5-4-6-8-16/h11-12,16H,4-10H2,1-3H3,(H2,21,22,25). The number of hydrogen-bond donors (Lipinski definition) is 2. The van der Waals surface area contributed by atoms with Crippen molar-refractivity contribution in [2.24, 2.45) is 0 Å². The SMILES string of the molecule is CC(=O)N(CCNC(=O)NC1CCCCC1)c1c(C)cc(C)cc1Cl. The Kier molecular flexibility index (Phi) is 7.12. The van der Waals surface area contributed by atoms with Gasteiger partial charge in [-0.1, -0.05) is 36.9 Å². The zero-order chi connectivity index (χ0) is 18.4. The molecule has 1 aromatic carbocycles. The fourth-order valence-electron chi connectivity index (χ4n) is 3.44. The van der Waals surface area contributed by atoms with Gasteiger partial charge in [-0.3, -0.25) is 4.79 Å². The van der Waals surface area contributed by atoms with Crippen LogP contribution in [0.25, 0.3) is 0 Å². The van der Waals surface area contributed by atoms with Gasteiger partial charge in [-0.25, -0.2) is 4.79 Å². The van der Waals surface area contributed by atoms with Gasteiger partial charge in [-0.2, -0.15) is 0 Å². The van der Waals surface area contributed by atoms with Crippen LogP contribution in [0.2, 0.25) is 5.02 Å². The van der Waals surface area contributed by atoms with Gasteiger partial charge >= 0.3 is 6.03 Å². The van der Waals surface area contributed by atoms with Crippen molar-refractivity contribution in [2.75, 3.05) is 18.0 Å². The van der Waals surface area contributed by atoms with E-state index in [9.17, 15) is 9.59 Å². The van der Waals surface area contributed by atoms with E-state index in [1.807, 2.05) is 26.0 Å². The summed E-state index contributed by atoms with van der Waals surface area (Å²) in [7, 11) is 0. The van der Waals surface area contributed by atoms with E-state index in [1.54, 1.807) is 4.90 Å². The Labute approximate surface area is 155 Å². The van der Waals surface area contributed by atoms with Crippen molar-refractivity contribution in [3.8, 4) is 0 Å². The lowest BCUT2D eigenvalue weighted by Gasteiger charge is -2.26. The summed E-state index contributed by atoms with van der Waals surface area (Å²) in [4.78, 5) is 25.7. The molecule has 0 atom stereocenters. The zero-order valence-electron chi connectivity index (χ0n) is 15.3. The average molecular weight is 366 g/mol. The van der Waals surface area contributed by atoms with E-state index in [1.165, 1.54) is 26.2 Å². The minimum atomic E-state index is -0.165. The highest BCUT2D eigenvalue weighted by molar-refractivity contribution is 6.34. The van der Waals surface area contributed by atoms with Crippen LogP contribution in [-0.2, 0) is 4.79 Å². The van der Waals surface area contributed by atoms with E-state index in [0.717, 1.165) is 24.0 Å². The van der Waals surface area contributed by atoms with Crippen molar-refractivity contribution >= 4 is 29.2 Å². The van der Waals surface area contributed by atoms with Crippen molar-refractivity contribution in [2.45, 2.75) is 58.9 Å². The third kappa shape index (κ3) is 5.63. The summed E-state index contributed by atoms with van der Waals surface area (Å²) in [5.41, 5.74) is 2.72. The number of hydrogen-bond acceptors (Lipinski definition) is 2. The highest BCUT2D eigenvalue weighted by Crippen LogP contribution is 2.31. The minimum absolute atomic E-state index is 0.0941. The predicted octanol–water partition coefficient (Wildman–Crippen LogP) is 3.94. The normalized spacial score (nSPS) is 14.9. The van der Waals surface area contributed by atoms with E-state index in [-0.39, 0.29) is 18.0 Å². The van der Waals surface area contributed by atoms with Crippen LogP contribution in [0.15, 0.2) is 12.1 Å². The molecule has 138 valence electrons. The number of carbonyl (C=O) groups is 2. The number of benzene rings is 1. The number of halogens is 1. The Hall–Kier alpha value is -1.75. The molecular weight excluding hydrogens is 338 g/mol. The first-order valence-electron chi connectivity index (χ1n) is 8.97. The van der Waals surface area contributed by atoms with Gasteiger partial charge in [0.15, 0.2) is 0 Å². The quantitative estimate of drug-likeness (QED) is 0.830. The molecule has 0 spiro atoms. The maximum absolute atomic E-state index is 12.1. The molecular formula is C19H28ClN3O2. The van der Waals surface area contributed by atoms with Crippen molar-refractivity contribution in [3.63, 3.8) is 0 Å². The fraction of sp³-hybridized carbons (Fsp3) is 0.579. The second-order valence-corrected chi connectivity index (χ2v) is 7.23. The topological polar surface area (TPSA) is 61.4 Å². The lowest BCUT2D eigenvalue weighted by Crippen LogP contribution is -2.45. The van der Waals surface area contributed by atoms with Gasteiger partial charge in [0, 0.05) is 26.1 Å². The van der Waals surface area contributed by atoms with Crippen molar-refractivity contribution in [3.05, 3.63) is 28.3 Å². The lowest BCUT2D eigenvalue weighted by molar-refractivity contribution is -0.116. The van der Waals surface area contributed by atoms with Gasteiger partial charge in [0.05, 0.1) is 10.7 Å². The molecule has 25 heavy (non-hydrogen) atoms. The molecule has 6 heteroatoms. The first-order chi connectivity index (χ1) is 11.9. The number of amides is 3. The van der Waals surface area contributed by atoms with Crippen LogP contribution in [-0.4, -0.2) is 31.1 Å². The van der Waals surface area contributed by atoms with Crippen molar-refractivity contribution < 1.29 is 9.59 Å². The fourth-order valence-corrected chi connectivity index (χ4v) is 3.86. The summed E-state index contributed by atoms with van der Waals surface area (Å²) in [6, 6.07) is 3.96. The highest BCUT2D eigenvalue weighted by atomic mass is 35.5. The van der Waals surface area contributed by atoms with E-state index in [4.69, 9.17) is 11.6 Å². The monoisotopic (exact) mass is 365 g/mol. The summed E-state index contributed by atoms with van der Waals surface area (Å²) in [5.74, 6) is -0.0941. The first-order valence-corrected chi connectivity index (χ1v) is 9.35. The van der Waals surface area contributed by atoms with E-state index in [0.29, 0.717) is 23.8 Å². The van der Waals surface area contributed by atoms with Gasteiger partial charge in [0.2, 0.25) is 5.91 Å². The third-order valence-corrected chi connectivity index (χ3v) is 4.90. The zero-order valence-corrected chi connectivity index (χ0v) is 16.1. The molecule has 0 aliphatic heterocycles. The number of nitrogens with one attached hydrogen (secondary N) is 2. The van der Waals surface area contributed by atoms with Crippen LogP contribution in [0.1, 0.15) is 50.2 Å². The molecule has 3 amide bonds. The van der Waals surface area contributed by atoms with Gasteiger partial charge in [0.1, 0.15) is 0 Å². The Morgan fingerprint density at radius 3 is 2.48 bits per heavy atom. The number of aryl methyl sites for hydroxylation is 2. The molecule has 0 unspecified atom stereocenters. The van der Waals surface area contributed by atoms with Crippen LogP contribution in [0.5, 0.6) is 0 Å². The molecule has 0 bridgehead atoms. The maximum atomic E-state index is 12.1. The molecule has 1 aliphatic rings.